The third kappa shape index (κ3) is 3.57. The number of hydrogen-bond acceptors (Lipinski definition) is 3. The van der Waals surface area contributed by atoms with E-state index in [1.54, 1.807) is 0 Å². The SMILES string of the molecule is CN(C)CCn1cc(C(C)(C)C)nc1C1CCCN1. The minimum absolute atomic E-state index is 0.122. The van der Waals surface area contributed by atoms with Gasteiger partial charge in [0.2, 0.25) is 0 Å². The lowest BCUT2D eigenvalue weighted by Crippen LogP contribution is -2.22. The van der Waals surface area contributed by atoms with Crippen LogP contribution < -0.4 is 5.32 Å². The molecule has 0 spiro atoms. The molecule has 0 aliphatic carbocycles. The summed E-state index contributed by atoms with van der Waals surface area (Å²) in [5.74, 6) is 1.23. The minimum Gasteiger partial charge on any atom is -0.332 e. The highest BCUT2D eigenvalue weighted by molar-refractivity contribution is 5.16. The fraction of sp³-hybridized carbons (Fsp3) is 0.800. The van der Waals surface area contributed by atoms with Crippen LogP contribution in [0.3, 0.4) is 0 Å². The predicted octanol–water partition coefficient (Wildman–Crippen LogP) is 2.17. The lowest BCUT2D eigenvalue weighted by atomic mass is 9.93. The number of aromatic nitrogens is 2. The minimum atomic E-state index is 0.122. The smallest absolute Gasteiger partial charge is 0.126 e. The first-order valence-electron chi connectivity index (χ1n) is 7.33. The molecule has 19 heavy (non-hydrogen) atoms. The first-order chi connectivity index (χ1) is 8.88. The standard InChI is InChI=1S/C15H28N4/c1-15(2,3)13-11-19(10-9-18(4)5)14(17-13)12-7-6-8-16-12/h11-12,16H,6-10H2,1-5H3. The highest BCUT2D eigenvalue weighted by atomic mass is 15.2. The van der Waals surface area contributed by atoms with Crippen LogP contribution in [-0.2, 0) is 12.0 Å². The van der Waals surface area contributed by atoms with Gasteiger partial charge in [0.1, 0.15) is 5.82 Å². The number of rotatable bonds is 4. The van der Waals surface area contributed by atoms with Crippen molar-refractivity contribution < 1.29 is 0 Å². The summed E-state index contributed by atoms with van der Waals surface area (Å²) in [7, 11) is 4.24. The summed E-state index contributed by atoms with van der Waals surface area (Å²) in [5.41, 5.74) is 1.33. The topological polar surface area (TPSA) is 33.1 Å². The van der Waals surface area contributed by atoms with Gasteiger partial charge in [-0.25, -0.2) is 4.98 Å². The van der Waals surface area contributed by atoms with Gasteiger partial charge in [0.25, 0.3) is 0 Å². The number of imidazole rings is 1. The van der Waals surface area contributed by atoms with Crippen LogP contribution >= 0.6 is 0 Å². The average Bonchev–Trinajstić information content (AvgIpc) is 2.94. The van der Waals surface area contributed by atoms with E-state index < -0.39 is 0 Å². The quantitative estimate of drug-likeness (QED) is 0.905. The largest absolute Gasteiger partial charge is 0.332 e. The van der Waals surface area contributed by atoms with Crippen molar-refractivity contribution in [2.75, 3.05) is 27.2 Å². The first kappa shape index (κ1) is 14.5. The Hall–Kier alpha value is -0.870. The van der Waals surface area contributed by atoms with Gasteiger partial charge in [0.05, 0.1) is 11.7 Å². The van der Waals surface area contributed by atoms with Gasteiger partial charge >= 0.3 is 0 Å². The van der Waals surface area contributed by atoms with E-state index in [9.17, 15) is 0 Å². The summed E-state index contributed by atoms with van der Waals surface area (Å²) in [6.07, 6.45) is 4.72. The molecule has 4 heteroatoms. The van der Waals surface area contributed by atoms with Crippen LogP contribution in [0.2, 0.25) is 0 Å². The number of likely N-dealkylation sites (N-methyl/N-ethyl adjacent to an activating group) is 1. The Kier molecular flexibility index (Phi) is 4.31. The van der Waals surface area contributed by atoms with Gasteiger partial charge < -0.3 is 14.8 Å². The molecule has 1 aliphatic heterocycles. The van der Waals surface area contributed by atoms with Crippen LogP contribution in [0.4, 0.5) is 0 Å². The molecule has 2 rings (SSSR count). The van der Waals surface area contributed by atoms with Crippen molar-refractivity contribution in [2.24, 2.45) is 0 Å². The van der Waals surface area contributed by atoms with E-state index in [4.69, 9.17) is 4.98 Å². The maximum atomic E-state index is 4.92. The van der Waals surface area contributed by atoms with Crippen molar-refractivity contribution in [3.8, 4) is 0 Å². The zero-order chi connectivity index (χ0) is 14.0. The maximum Gasteiger partial charge on any atom is 0.126 e. The molecule has 108 valence electrons. The van der Waals surface area contributed by atoms with Crippen molar-refractivity contribution in [3.63, 3.8) is 0 Å². The summed E-state index contributed by atoms with van der Waals surface area (Å²) in [6, 6.07) is 0.443. The highest BCUT2D eigenvalue weighted by Crippen LogP contribution is 2.27. The number of nitrogens with zero attached hydrogens (tertiary/aromatic N) is 3. The highest BCUT2D eigenvalue weighted by Gasteiger charge is 2.25. The van der Waals surface area contributed by atoms with Crippen LogP contribution in [0.1, 0.15) is 51.2 Å². The normalized spacial score (nSPS) is 20.4. The lowest BCUT2D eigenvalue weighted by molar-refractivity contribution is 0.376. The first-order valence-corrected chi connectivity index (χ1v) is 7.33. The molecule has 1 N–H and O–H groups in total. The molecule has 1 aromatic rings. The Morgan fingerprint density at radius 3 is 2.68 bits per heavy atom. The van der Waals surface area contributed by atoms with Gasteiger partial charge in [0, 0.05) is 24.7 Å². The fourth-order valence-electron chi connectivity index (χ4n) is 2.46. The van der Waals surface area contributed by atoms with E-state index in [-0.39, 0.29) is 5.41 Å². The molecule has 0 aromatic carbocycles. The Morgan fingerprint density at radius 1 is 1.42 bits per heavy atom. The van der Waals surface area contributed by atoms with Crippen LogP contribution in [0.25, 0.3) is 0 Å². The van der Waals surface area contributed by atoms with Gasteiger partial charge in [-0.2, -0.15) is 0 Å². The van der Waals surface area contributed by atoms with Crippen LogP contribution in [0.15, 0.2) is 6.20 Å². The molecule has 1 aliphatic rings. The molecule has 1 atom stereocenters. The second kappa shape index (κ2) is 5.63. The van der Waals surface area contributed by atoms with E-state index in [0.29, 0.717) is 6.04 Å². The van der Waals surface area contributed by atoms with Gasteiger partial charge in [-0.15, -0.1) is 0 Å². The van der Waals surface area contributed by atoms with Crippen molar-refractivity contribution in [2.45, 2.75) is 51.6 Å². The zero-order valence-corrected chi connectivity index (χ0v) is 13.0. The van der Waals surface area contributed by atoms with Gasteiger partial charge in [0.15, 0.2) is 0 Å². The van der Waals surface area contributed by atoms with E-state index in [0.717, 1.165) is 19.6 Å². The molecule has 1 unspecified atom stereocenters. The Bertz CT molecular complexity index is 408. The molecule has 2 heterocycles. The van der Waals surface area contributed by atoms with E-state index >= 15 is 0 Å². The van der Waals surface area contributed by atoms with Crippen molar-refractivity contribution in [1.29, 1.82) is 0 Å². The molecular weight excluding hydrogens is 236 g/mol. The molecule has 0 bridgehead atoms. The summed E-state index contributed by atoms with van der Waals surface area (Å²) in [6.45, 7) is 9.89. The Labute approximate surface area is 117 Å². The van der Waals surface area contributed by atoms with Crippen LogP contribution in [0.5, 0.6) is 0 Å². The van der Waals surface area contributed by atoms with Crippen molar-refractivity contribution in [3.05, 3.63) is 17.7 Å². The molecule has 1 fully saturated rings. The molecule has 1 aromatic heterocycles. The third-order valence-corrected chi connectivity index (χ3v) is 3.74. The molecule has 1 saturated heterocycles. The molecular formula is C15H28N4. The second-order valence-corrected chi connectivity index (χ2v) is 6.88. The van der Waals surface area contributed by atoms with Crippen LogP contribution in [-0.4, -0.2) is 41.6 Å². The predicted molar refractivity (Wildman–Crippen MR) is 79.5 cm³/mol. The second-order valence-electron chi connectivity index (χ2n) is 6.88. The van der Waals surface area contributed by atoms with Gasteiger partial charge in [-0.1, -0.05) is 20.8 Å². The Morgan fingerprint density at radius 2 is 2.16 bits per heavy atom. The van der Waals surface area contributed by atoms with E-state index in [2.05, 4.69) is 55.8 Å². The maximum absolute atomic E-state index is 4.92. The molecule has 0 saturated carbocycles. The number of nitrogens with one attached hydrogen (secondary N) is 1. The molecule has 0 radical (unpaired) electrons. The van der Waals surface area contributed by atoms with Crippen molar-refractivity contribution in [1.82, 2.24) is 19.8 Å². The Balaban J connectivity index is 2.24. The lowest BCUT2D eigenvalue weighted by Gasteiger charge is -2.15. The van der Waals surface area contributed by atoms with Gasteiger partial charge in [-0.3, -0.25) is 0 Å². The van der Waals surface area contributed by atoms with E-state index in [1.165, 1.54) is 24.4 Å². The van der Waals surface area contributed by atoms with Crippen LogP contribution in [0, 0.1) is 0 Å². The van der Waals surface area contributed by atoms with Gasteiger partial charge in [-0.05, 0) is 33.5 Å². The summed E-state index contributed by atoms with van der Waals surface area (Å²) < 4.78 is 2.35. The third-order valence-electron chi connectivity index (χ3n) is 3.74. The van der Waals surface area contributed by atoms with Crippen molar-refractivity contribution >= 4 is 0 Å². The number of hydrogen-bond donors (Lipinski definition) is 1. The molecule has 0 amide bonds. The zero-order valence-electron chi connectivity index (χ0n) is 13.0. The average molecular weight is 264 g/mol. The fourth-order valence-corrected chi connectivity index (χ4v) is 2.46. The summed E-state index contributed by atoms with van der Waals surface area (Å²) in [5, 5.41) is 3.57. The summed E-state index contributed by atoms with van der Waals surface area (Å²) in [4.78, 5) is 7.15. The van der Waals surface area contributed by atoms with E-state index in [1.807, 2.05) is 0 Å². The summed E-state index contributed by atoms with van der Waals surface area (Å²) >= 11 is 0. The molecule has 4 nitrogen and oxygen atoms in total. The monoisotopic (exact) mass is 264 g/mol.